The number of anilines is 1. The van der Waals surface area contributed by atoms with E-state index in [0.717, 1.165) is 43.1 Å². The van der Waals surface area contributed by atoms with Crippen molar-refractivity contribution in [3.8, 4) is 0 Å². The lowest BCUT2D eigenvalue weighted by Gasteiger charge is -2.27. The van der Waals surface area contributed by atoms with Gasteiger partial charge in [-0.3, -0.25) is 9.10 Å². The maximum absolute atomic E-state index is 12.5. The molecule has 1 fully saturated rings. The molecule has 0 radical (unpaired) electrons. The van der Waals surface area contributed by atoms with Crippen molar-refractivity contribution in [1.82, 2.24) is 5.32 Å². The number of carbonyl (C=O) groups is 1. The number of nitrogens with one attached hydrogen (secondary N) is 1. The van der Waals surface area contributed by atoms with Crippen molar-refractivity contribution in [3.63, 3.8) is 0 Å². The van der Waals surface area contributed by atoms with Gasteiger partial charge in [0.05, 0.1) is 11.9 Å². The molecular formula is C19H30N2O3S. The number of nitrogens with zero attached hydrogens (tertiary/aromatic N) is 1. The number of carbonyl (C=O) groups excluding carboxylic acids is 1. The van der Waals surface area contributed by atoms with E-state index in [4.69, 9.17) is 0 Å². The third-order valence-electron chi connectivity index (χ3n) is 4.86. The van der Waals surface area contributed by atoms with E-state index in [2.05, 4.69) is 5.32 Å². The quantitative estimate of drug-likeness (QED) is 0.787. The van der Waals surface area contributed by atoms with Gasteiger partial charge in [0.2, 0.25) is 15.9 Å². The first-order valence-electron chi connectivity index (χ1n) is 9.18. The first-order valence-corrected chi connectivity index (χ1v) is 11.0. The van der Waals surface area contributed by atoms with Gasteiger partial charge < -0.3 is 5.32 Å². The van der Waals surface area contributed by atoms with Gasteiger partial charge in [-0.15, -0.1) is 0 Å². The van der Waals surface area contributed by atoms with Gasteiger partial charge in [0.15, 0.2) is 0 Å². The molecule has 1 amide bonds. The van der Waals surface area contributed by atoms with Crippen LogP contribution >= 0.6 is 0 Å². The highest BCUT2D eigenvalue weighted by molar-refractivity contribution is 7.92. The minimum atomic E-state index is -3.54. The molecule has 140 valence electrons. The summed E-state index contributed by atoms with van der Waals surface area (Å²) in [5, 5.41) is 3.04. The smallest absolute Gasteiger partial charge is 0.240 e. The van der Waals surface area contributed by atoms with Crippen LogP contribution in [0, 0.1) is 6.92 Å². The zero-order valence-electron chi connectivity index (χ0n) is 15.5. The van der Waals surface area contributed by atoms with Crippen molar-refractivity contribution in [2.24, 2.45) is 0 Å². The number of hydrogen-bond acceptors (Lipinski definition) is 3. The molecule has 25 heavy (non-hydrogen) atoms. The summed E-state index contributed by atoms with van der Waals surface area (Å²) in [6.45, 7) is 3.72. The second-order valence-corrected chi connectivity index (χ2v) is 8.87. The van der Waals surface area contributed by atoms with Crippen molar-refractivity contribution in [2.75, 3.05) is 17.1 Å². The molecule has 2 rings (SSSR count). The molecule has 0 spiro atoms. The fraction of sp³-hybridized carbons (Fsp3) is 0.632. The zero-order chi connectivity index (χ0) is 18.4. The number of rotatable bonds is 6. The Hall–Kier alpha value is -1.56. The van der Waals surface area contributed by atoms with E-state index < -0.39 is 10.0 Å². The van der Waals surface area contributed by atoms with E-state index in [1.54, 1.807) is 0 Å². The third-order valence-corrected chi connectivity index (χ3v) is 5.97. The first kappa shape index (κ1) is 19.8. The zero-order valence-corrected chi connectivity index (χ0v) is 16.4. The van der Waals surface area contributed by atoms with Gasteiger partial charge in [0.25, 0.3) is 0 Å². The van der Waals surface area contributed by atoms with Crippen LogP contribution in [-0.4, -0.2) is 33.2 Å². The summed E-state index contributed by atoms with van der Waals surface area (Å²) in [5.41, 5.74) is 2.45. The molecule has 6 heteroatoms. The van der Waals surface area contributed by atoms with Gasteiger partial charge in [0.1, 0.15) is 6.54 Å². The van der Waals surface area contributed by atoms with Crippen LogP contribution in [-0.2, 0) is 21.2 Å². The van der Waals surface area contributed by atoms with Gasteiger partial charge in [-0.2, -0.15) is 0 Å². The molecule has 0 heterocycles. The minimum Gasteiger partial charge on any atom is -0.352 e. The summed E-state index contributed by atoms with van der Waals surface area (Å²) in [6, 6.07) is 5.89. The molecule has 0 aliphatic heterocycles. The van der Waals surface area contributed by atoms with Crippen LogP contribution in [0.25, 0.3) is 0 Å². The molecule has 0 bridgehead atoms. The lowest BCUT2D eigenvalue weighted by atomic mass is 10.1. The van der Waals surface area contributed by atoms with E-state index in [0.29, 0.717) is 12.1 Å². The molecule has 0 aromatic heterocycles. The molecule has 1 aliphatic carbocycles. The predicted octanol–water partition coefficient (Wildman–Crippen LogP) is 3.16. The molecule has 5 nitrogen and oxygen atoms in total. The van der Waals surface area contributed by atoms with Crippen LogP contribution in [0.15, 0.2) is 18.2 Å². The number of aryl methyl sites for hydroxylation is 2. The fourth-order valence-electron chi connectivity index (χ4n) is 3.55. The van der Waals surface area contributed by atoms with Crippen LogP contribution in [0.4, 0.5) is 5.69 Å². The lowest BCUT2D eigenvalue weighted by Crippen LogP contribution is -2.44. The Morgan fingerprint density at radius 3 is 2.40 bits per heavy atom. The molecule has 1 N–H and O–H groups in total. The Morgan fingerprint density at radius 1 is 1.20 bits per heavy atom. The summed E-state index contributed by atoms with van der Waals surface area (Å²) >= 11 is 0. The van der Waals surface area contributed by atoms with Gasteiger partial charge in [-0.25, -0.2) is 8.42 Å². The summed E-state index contributed by atoms with van der Waals surface area (Å²) in [6.07, 6.45) is 8.52. The monoisotopic (exact) mass is 366 g/mol. The SMILES string of the molecule is CCc1cccc(C)c1N(CC(=O)NC1CCCCCC1)S(C)(=O)=O. The first-order chi connectivity index (χ1) is 11.8. The number of sulfonamides is 1. The van der Waals surface area contributed by atoms with Crippen molar-refractivity contribution >= 4 is 21.6 Å². The van der Waals surface area contributed by atoms with E-state index in [9.17, 15) is 13.2 Å². The van der Waals surface area contributed by atoms with E-state index in [1.807, 2.05) is 32.0 Å². The van der Waals surface area contributed by atoms with Gasteiger partial charge in [-0.05, 0) is 37.3 Å². The molecule has 1 saturated carbocycles. The summed E-state index contributed by atoms with van der Waals surface area (Å²) in [4.78, 5) is 12.5. The average Bonchev–Trinajstić information content (AvgIpc) is 2.80. The number of amides is 1. The largest absolute Gasteiger partial charge is 0.352 e. The van der Waals surface area contributed by atoms with E-state index >= 15 is 0 Å². The van der Waals surface area contributed by atoms with E-state index in [1.165, 1.54) is 17.1 Å². The van der Waals surface area contributed by atoms with Crippen LogP contribution < -0.4 is 9.62 Å². The Bertz CT molecular complexity index is 693. The Kier molecular flexibility index (Phi) is 6.87. The number of benzene rings is 1. The second kappa shape index (κ2) is 8.70. The maximum atomic E-state index is 12.5. The molecular weight excluding hydrogens is 336 g/mol. The maximum Gasteiger partial charge on any atom is 0.240 e. The topological polar surface area (TPSA) is 66.5 Å². The van der Waals surface area contributed by atoms with Crippen LogP contribution in [0.1, 0.15) is 56.6 Å². The minimum absolute atomic E-state index is 0.160. The second-order valence-electron chi connectivity index (χ2n) is 6.96. The summed E-state index contributed by atoms with van der Waals surface area (Å²) in [7, 11) is -3.54. The Balaban J connectivity index is 2.20. The van der Waals surface area contributed by atoms with Crippen LogP contribution in [0.2, 0.25) is 0 Å². The molecule has 1 aliphatic rings. The lowest BCUT2D eigenvalue weighted by molar-refractivity contribution is -0.120. The van der Waals surface area contributed by atoms with Crippen LogP contribution in [0.5, 0.6) is 0 Å². The third kappa shape index (κ3) is 5.46. The predicted molar refractivity (Wildman–Crippen MR) is 102 cm³/mol. The fourth-order valence-corrected chi connectivity index (χ4v) is 4.50. The van der Waals surface area contributed by atoms with Crippen molar-refractivity contribution in [2.45, 2.75) is 64.8 Å². The molecule has 1 aromatic rings. The average molecular weight is 367 g/mol. The highest BCUT2D eigenvalue weighted by Gasteiger charge is 2.25. The molecule has 0 unspecified atom stereocenters. The van der Waals surface area contributed by atoms with Crippen molar-refractivity contribution < 1.29 is 13.2 Å². The normalized spacial score (nSPS) is 16.3. The van der Waals surface area contributed by atoms with Gasteiger partial charge in [0, 0.05) is 6.04 Å². The molecule has 0 saturated heterocycles. The number of hydrogen-bond donors (Lipinski definition) is 1. The molecule has 0 atom stereocenters. The van der Waals surface area contributed by atoms with Crippen LogP contribution in [0.3, 0.4) is 0 Å². The van der Waals surface area contributed by atoms with Crippen molar-refractivity contribution in [3.05, 3.63) is 29.3 Å². The molecule has 1 aromatic carbocycles. The Labute approximate surface area is 151 Å². The number of para-hydroxylation sites is 1. The highest BCUT2D eigenvalue weighted by Crippen LogP contribution is 2.27. The summed E-state index contributed by atoms with van der Waals surface area (Å²) < 4.78 is 26.0. The standard InChI is InChI=1S/C19H30N2O3S/c1-4-16-11-9-10-15(2)19(16)21(25(3,23)24)14-18(22)20-17-12-7-5-6-8-13-17/h9-11,17H,4-8,12-14H2,1-3H3,(H,20,22). The van der Waals surface area contributed by atoms with Crippen molar-refractivity contribution in [1.29, 1.82) is 0 Å². The van der Waals surface area contributed by atoms with E-state index in [-0.39, 0.29) is 18.5 Å². The summed E-state index contributed by atoms with van der Waals surface area (Å²) in [5.74, 6) is -0.220. The van der Waals surface area contributed by atoms with Gasteiger partial charge in [-0.1, -0.05) is 50.8 Å². The highest BCUT2D eigenvalue weighted by atomic mass is 32.2. The Morgan fingerprint density at radius 2 is 1.84 bits per heavy atom. The van der Waals surface area contributed by atoms with Gasteiger partial charge >= 0.3 is 0 Å².